The van der Waals surface area contributed by atoms with Gasteiger partial charge in [-0.15, -0.1) is 11.3 Å². The summed E-state index contributed by atoms with van der Waals surface area (Å²) in [6.45, 7) is 0.140. The second-order valence-electron chi connectivity index (χ2n) is 6.77. The van der Waals surface area contributed by atoms with E-state index in [-0.39, 0.29) is 17.9 Å². The molecule has 5 rings (SSSR count). The third kappa shape index (κ3) is 2.78. The molecule has 7 heteroatoms. The molecule has 0 bridgehead atoms. The summed E-state index contributed by atoms with van der Waals surface area (Å²) in [4.78, 5) is 31.4. The largest absolute Gasteiger partial charge is 0.503 e. The zero-order chi connectivity index (χ0) is 20.0. The number of amides is 1. The lowest BCUT2D eigenvalue weighted by Crippen LogP contribution is -2.30. The van der Waals surface area contributed by atoms with Crippen molar-refractivity contribution in [2.24, 2.45) is 0 Å². The van der Waals surface area contributed by atoms with E-state index < -0.39 is 17.7 Å². The van der Waals surface area contributed by atoms with Gasteiger partial charge in [-0.2, -0.15) is 0 Å². The molecule has 0 spiro atoms. The molecule has 0 saturated carbocycles. The number of thiophene rings is 1. The number of aliphatic hydroxyl groups is 1. The highest BCUT2D eigenvalue weighted by atomic mass is 32.1. The molecule has 29 heavy (non-hydrogen) atoms. The fraction of sp³-hybridized carbons (Fsp3) is 0.0909. The zero-order valence-electron chi connectivity index (χ0n) is 15.2. The molecule has 0 aliphatic carbocycles. The van der Waals surface area contributed by atoms with Crippen LogP contribution in [0.5, 0.6) is 0 Å². The number of Topliss-reactive ketones (excluding diaryl/α,β-unsaturated/α-hetero) is 1. The van der Waals surface area contributed by atoms with Crippen molar-refractivity contribution in [3.63, 3.8) is 0 Å². The average molecular weight is 404 g/mol. The van der Waals surface area contributed by atoms with Gasteiger partial charge in [0.1, 0.15) is 5.76 Å². The Bertz CT molecular complexity index is 1240. The number of nitrogens with one attached hydrogen (secondary N) is 1. The third-order valence-electron chi connectivity index (χ3n) is 5.12. The van der Waals surface area contributed by atoms with Crippen molar-refractivity contribution in [3.8, 4) is 0 Å². The van der Waals surface area contributed by atoms with Gasteiger partial charge in [-0.1, -0.05) is 24.3 Å². The second-order valence-corrected chi connectivity index (χ2v) is 7.72. The first-order valence-electron chi connectivity index (χ1n) is 9.06. The Morgan fingerprint density at radius 3 is 2.79 bits per heavy atom. The first-order chi connectivity index (χ1) is 14.1. The Labute approximate surface area is 169 Å². The number of para-hydroxylation sites is 1. The van der Waals surface area contributed by atoms with E-state index in [0.29, 0.717) is 10.6 Å². The number of aromatic amines is 1. The number of carbonyl (C=O) groups excluding carboxylic acids is 2. The monoisotopic (exact) mass is 404 g/mol. The predicted molar refractivity (Wildman–Crippen MR) is 109 cm³/mol. The Hall–Kier alpha value is -3.58. The van der Waals surface area contributed by atoms with E-state index in [1.807, 2.05) is 24.3 Å². The molecule has 1 aromatic carbocycles. The van der Waals surface area contributed by atoms with Gasteiger partial charge in [-0.25, -0.2) is 0 Å². The smallest absolute Gasteiger partial charge is 0.290 e. The lowest BCUT2D eigenvalue weighted by Gasteiger charge is -2.25. The minimum absolute atomic E-state index is 0.0914. The Balaban J connectivity index is 1.67. The number of furan rings is 1. The minimum atomic E-state index is -0.724. The van der Waals surface area contributed by atoms with E-state index in [2.05, 4.69) is 4.98 Å². The summed E-state index contributed by atoms with van der Waals surface area (Å²) in [6.07, 6.45) is 3.32. The minimum Gasteiger partial charge on any atom is -0.503 e. The maximum absolute atomic E-state index is 13.2. The average Bonchev–Trinajstić information content (AvgIpc) is 3.52. The van der Waals surface area contributed by atoms with Crippen LogP contribution in [0.3, 0.4) is 0 Å². The molecule has 4 aromatic rings. The number of H-pyrrole nitrogens is 1. The maximum atomic E-state index is 13.2. The first kappa shape index (κ1) is 17.5. The first-order valence-corrected chi connectivity index (χ1v) is 9.94. The molecule has 6 nitrogen and oxygen atoms in total. The standard InChI is InChI=1S/C22H16N2O4S/c25-20(17-8-4-10-29-17)18-19(15-11-23-16-7-2-1-6-14(15)16)24(22(27)21(18)26)12-13-5-3-9-28-13/h1-11,19,23,26H,12H2. The van der Waals surface area contributed by atoms with Gasteiger partial charge in [-0.05, 0) is 29.6 Å². The topological polar surface area (TPSA) is 86.5 Å². The maximum Gasteiger partial charge on any atom is 0.290 e. The molecule has 1 atom stereocenters. The lowest BCUT2D eigenvalue weighted by atomic mass is 9.95. The van der Waals surface area contributed by atoms with E-state index in [0.717, 1.165) is 16.5 Å². The molecule has 1 unspecified atom stereocenters. The predicted octanol–water partition coefficient (Wildman–Crippen LogP) is 4.60. The second kappa shape index (κ2) is 6.79. The van der Waals surface area contributed by atoms with E-state index >= 15 is 0 Å². The summed E-state index contributed by atoms with van der Waals surface area (Å²) in [5, 5.41) is 13.4. The normalized spacial score (nSPS) is 16.9. The summed E-state index contributed by atoms with van der Waals surface area (Å²) >= 11 is 1.28. The Kier molecular flexibility index (Phi) is 4.10. The van der Waals surface area contributed by atoms with Gasteiger partial charge in [0, 0.05) is 22.7 Å². The van der Waals surface area contributed by atoms with Crippen molar-refractivity contribution >= 4 is 33.9 Å². The molecule has 1 aliphatic rings. The SMILES string of the molecule is O=C(C1=C(O)C(=O)N(Cc2ccco2)C1c1c[nH]c2ccccc12)c1cccs1. The molecule has 3 aromatic heterocycles. The third-order valence-corrected chi connectivity index (χ3v) is 5.98. The highest BCUT2D eigenvalue weighted by Gasteiger charge is 2.45. The highest BCUT2D eigenvalue weighted by molar-refractivity contribution is 7.12. The van der Waals surface area contributed by atoms with Crippen LogP contribution >= 0.6 is 11.3 Å². The van der Waals surface area contributed by atoms with Crippen molar-refractivity contribution < 1.29 is 19.1 Å². The van der Waals surface area contributed by atoms with Crippen molar-refractivity contribution in [1.82, 2.24) is 9.88 Å². The van der Waals surface area contributed by atoms with Gasteiger partial charge in [0.25, 0.3) is 5.91 Å². The summed E-state index contributed by atoms with van der Waals surface area (Å²) in [5.41, 5.74) is 1.74. The number of nitrogens with zero attached hydrogens (tertiary/aromatic N) is 1. The molecule has 1 amide bonds. The van der Waals surface area contributed by atoms with Crippen molar-refractivity contribution in [2.45, 2.75) is 12.6 Å². The van der Waals surface area contributed by atoms with Crippen LogP contribution in [0.4, 0.5) is 0 Å². The van der Waals surface area contributed by atoms with Crippen LogP contribution in [0.25, 0.3) is 10.9 Å². The quantitative estimate of drug-likeness (QED) is 0.476. The van der Waals surface area contributed by atoms with E-state index in [1.54, 1.807) is 35.8 Å². The molecule has 2 N–H and O–H groups in total. The van der Waals surface area contributed by atoms with Gasteiger partial charge in [0.15, 0.2) is 5.76 Å². The fourth-order valence-electron chi connectivity index (χ4n) is 3.80. The zero-order valence-corrected chi connectivity index (χ0v) is 16.0. The van der Waals surface area contributed by atoms with Crippen molar-refractivity contribution in [1.29, 1.82) is 0 Å². The number of hydrogen-bond acceptors (Lipinski definition) is 5. The van der Waals surface area contributed by atoms with Gasteiger partial charge in [0.2, 0.25) is 5.78 Å². The van der Waals surface area contributed by atoms with Crippen LogP contribution in [-0.2, 0) is 11.3 Å². The fourth-order valence-corrected chi connectivity index (χ4v) is 4.48. The number of ketones is 1. The van der Waals surface area contributed by atoms with Crippen molar-refractivity contribution in [3.05, 3.63) is 93.9 Å². The molecular formula is C22H16N2O4S. The number of fused-ring (bicyclic) bond motifs is 1. The number of aliphatic hydroxyl groups excluding tert-OH is 1. The highest BCUT2D eigenvalue weighted by Crippen LogP contribution is 2.42. The van der Waals surface area contributed by atoms with Gasteiger partial charge in [-0.3, -0.25) is 9.59 Å². The summed E-state index contributed by atoms with van der Waals surface area (Å²) < 4.78 is 5.42. The van der Waals surface area contributed by atoms with Crippen LogP contribution in [0, 0.1) is 0 Å². The van der Waals surface area contributed by atoms with Crippen LogP contribution < -0.4 is 0 Å². The molecular weight excluding hydrogens is 388 g/mol. The van der Waals surface area contributed by atoms with E-state index in [1.165, 1.54) is 22.5 Å². The van der Waals surface area contributed by atoms with Crippen LogP contribution in [0.15, 0.2) is 82.1 Å². The number of aromatic nitrogens is 1. The molecule has 1 aliphatic heterocycles. The van der Waals surface area contributed by atoms with E-state index in [9.17, 15) is 14.7 Å². The summed E-state index contributed by atoms with van der Waals surface area (Å²) in [7, 11) is 0. The van der Waals surface area contributed by atoms with Gasteiger partial charge in [0.05, 0.1) is 29.3 Å². The van der Waals surface area contributed by atoms with E-state index in [4.69, 9.17) is 4.42 Å². The molecule has 0 radical (unpaired) electrons. The lowest BCUT2D eigenvalue weighted by molar-refractivity contribution is -0.130. The van der Waals surface area contributed by atoms with Crippen LogP contribution in [-0.4, -0.2) is 26.7 Å². The Morgan fingerprint density at radius 2 is 2.03 bits per heavy atom. The molecule has 4 heterocycles. The number of carbonyl (C=O) groups is 2. The molecule has 0 saturated heterocycles. The number of benzene rings is 1. The van der Waals surface area contributed by atoms with Gasteiger partial charge < -0.3 is 19.4 Å². The number of rotatable bonds is 5. The van der Waals surface area contributed by atoms with Gasteiger partial charge >= 0.3 is 0 Å². The molecule has 144 valence electrons. The molecule has 0 fully saturated rings. The van der Waals surface area contributed by atoms with Crippen LogP contribution in [0.1, 0.15) is 27.0 Å². The summed E-state index contributed by atoms with van der Waals surface area (Å²) in [5.74, 6) is -0.870. The number of hydrogen-bond donors (Lipinski definition) is 2. The van der Waals surface area contributed by atoms with Crippen molar-refractivity contribution in [2.75, 3.05) is 0 Å². The summed E-state index contributed by atoms with van der Waals surface area (Å²) in [6, 6.07) is 13.9. The van der Waals surface area contributed by atoms with Crippen LogP contribution in [0.2, 0.25) is 0 Å². The Morgan fingerprint density at radius 1 is 1.17 bits per heavy atom.